The highest BCUT2D eigenvalue weighted by molar-refractivity contribution is 7.78. The molecule has 1 unspecified atom stereocenters. The summed E-state index contributed by atoms with van der Waals surface area (Å²) < 4.78 is 0. The zero-order valence-electron chi connectivity index (χ0n) is 12.1. The second kappa shape index (κ2) is 12.8. The van der Waals surface area contributed by atoms with Crippen LogP contribution in [0.4, 0.5) is 0 Å². The number of hydrogen-bond donors (Lipinski definition) is 2. The lowest BCUT2D eigenvalue weighted by atomic mass is 10.1. The molecule has 0 saturated heterocycles. The van der Waals surface area contributed by atoms with Gasteiger partial charge in [0, 0.05) is 6.42 Å². The van der Waals surface area contributed by atoms with Gasteiger partial charge in [-0.2, -0.15) is 0 Å². The molecule has 0 spiro atoms. The highest BCUT2D eigenvalue weighted by atomic mass is 32.1. The number of unbranched alkanes of at least 4 members (excludes halogenated alkanes) is 6. The van der Waals surface area contributed by atoms with Crippen molar-refractivity contribution in [2.75, 3.05) is 6.54 Å². The van der Waals surface area contributed by atoms with Gasteiger partial charge in [0.15, 0.2) is 0 Å². The first-order valence-electron chi connectivity index (χ1n) is 7.17. The standard InChI is InChI=1S/C14H24N2O3S/c1-2-3-4-5-6-7-8-9-13(17)16-12(14(18)19)10-15-11-20/h12H,2-10H2,1H3,(H,16,17)(H,18,19). The zero-order valence-corrected chi connectivity index (χ0v) is 12.9. The smallest absolute Gasteiger partial charge is 0.328 e. The van der Waals surface area contributed by atoms with Gasteiger partial charge in [-0.15, -0.1) is 0 Å². The SMILES string of the molecule is CCCCCCCCCC(=O)NC(CN=C=S)C(=O)O. The Kier molecular flexibility index (Phi) is 12.0. The quantitative estimate of drug-likeness (QED) is 0.330. The van der Waals surface area contributed by atoms with E-state index >= 15 is 0 Å². The van der Waals surface area contributed by atoms with Gasteiger partial charge in [-0.25, -0.2) is 9.79 Å². The fourth-order valence-corrected chi connectivity index (χ4v) is 1.90. The van der Waals surface area contributed by atoms with Gasteiger partial charge in [-0.1, -0.05) is 45.4 Å². The molecule has 0 aromatic heterocycles. The van der Waals surface area contributed by atoms with Gasteiger partial charge in [0.05, 0.1) is 11.7 Å². The highest BCUT2D eigenvalue weighted by Gasteiger charge is 2.18. The maximum Gasteiger partial charge on any atom is 0.328 e. The van der Waals surface area contributed by atoms with E-state index in [0.29, 0.717) is 6.42 Å². The van der Waals surface area contributed by atoms with Gasteiger partial charge in [0.1, 0.15) is 6.04 Å². The lowest BCUT2D eigenvalue weighted by molar-refractivity contribution is -0.141. The molecule has 6 heteroatoms. The molecule has 0 radical (unpaired) electrons. The summed E-state index contributed by atoms with van der Waals surface area (Å²) in [5.74, 6) is -1.35. The Morgan fingerprint density at radius 2 is 1.80 bits per heavy atom. The van der Waals surface area contributed by atoms with Crippen molar-refractivity contribution < 1.29 is 14.7 Å². The van der Waals surface area contributed by atoms with E-state index in [1.807, 2.05) is 0 Å². The minimum absolute atomic E-state index is 0.0679. The molecule has 0 saturated carbocycles. The van der Waals surface area contributed by atoms with Crippen molar-refractivity contribution in [3.8, 4) is 0 Å². The van der Waals surface area contributed by atoms with Crippen LogP contribution in [0.15, 0.2) is 4.99 Å². The third-order valence-electron chi connectivity index (χ3n) is 2.98. The summed E-state index contributed by atoms with van der Waals surface area (Å²) in [5, 5.41) is 13.4. The van der Waals surface area contributed by atoms with E-state index in [1.54, 1.807) is 0 Å². The van der Waals surface area contributed by atoms with Crippen LogP contribution in [0.1, 0.15) is 58.3 Å². The Hall–Kier alpha value is -1.26. The number of aliphatic carboxylic acids is 1. The Bertz CT molecular complexity index is 341. The molecule has 0 rings (SSSR count). The van der Waals surface area contributed by atoms with Gasteiger partial charge < -0.3 is 10.4 Å². The second-order valence-electron chi connectivity index (χ2n) is 4.76. The number of carbonyl (C=O) groups excluding carboxylic acids is 1. The van der Waals surface area contributed by atoms with Crippen molar-refractivity contribution in [2.24, 2.45) is 4.99 Å². The highest BCUT2D eigenvalue weighted by Crippen LogP contribution is 2.08. The van der Waals surface area contributed by atoms with Crippen LogP contribution in [-0.4, -0.2) is 34.7 Å². The Morgan fingerprint density at radius 3 is 2.35 bits per heavy atom. The van der Waals surface area contributed by atoms with E-state index in [4.69, 9.17) is 5.11 Å². The maximum absolute atomic E-state index is 11.6. The summed E-state index contributed by atoms with van der Waals surface area (Å²) in [6.07, 6.45) is 8.23. The number of carboxylic acid groups (broad SMARTS) is 1. The fraction of sp³-hybridized carbons (Fsp3) is 0.786. The van der Waals surface area contributed by atoms with E-state index < -0.39 is 12.0 Å². The van der Waals surface area contributed by atoms with Crippen molar-refractivity contribution in [1.29, 1.82) is 0 Å². The van der Waals surface area contributed by atoms with Gasteiger partial charge in [0.2, 0.25) is 5.91 Å². The molecule has 2 N–H and O–H groups in total. The predicted octanol–water partition coefficient (Wildman–Crippen LogP) is 2.80. The zero-order chi connectivity index (χ0) is 15.2. The predicted molar refractivity (Wildman–Crippen MR) is 82.1 cm³/mol. The first-order valence-corrected chi connectivity index (χ1v) is 7.58. The molecule has 20 heavy (non-hydrogen) atoms. The molecule has 1 amide bonds. The van der Waals surface area contributed by atoms with Crippen LogP contribution in [0.5, 0.6) is 0 Å². The number of hydrogen-bond acceptors (Lipinski definition) is 4. The number of carboxylic acids is 1. The van der Waals surface area contributed by atoms with Crippen LogP contribution in [0.3, 0.4) is 0 Å². The van der Waals surface area contributed by atoms with Gasteiger partial charge in [-0.05, 0) is 18.6 Å². The molecule has 0 aliphatic rings. The maximum atomic E-state index is 11.6. The Morgan fingerprint density at radius 1 is 1.20 bits per heavy atom. The monoisotopic (exact) mass is 300 g/mol. The molecule has 114 valence electrons. The fourth-order valence-electron chi connectivity index (χ4n) is 1.82. The minimum Gasteiger partial charge on any atom is -0.480 e. The Balaban J connectivity index is 3.74. The van der Waals surface area contributed by atoms with E-state index in [0.717, 1.165) is 19.3 Å². The molecule has 0 aliphatic carbocycles. The topological polar surface area (TPSA) is 78.8 Å². The van der Waals surface area contributed by atoms with Crippen LogP contribution in [-0.2, 0) is 9.59 Å². The summed E-state index contributed by atoms with van der Waals surface area (Å²) in [6, 6.07) is -1.01. The molecule has 5 nitrogen and oxygen atoms in total. The summed E-state index contributed by atoms with van der Waals surface area (Å²) in [4.78, 5) is 26.0. The number of thiocarbonyl (C=S) groups is 1. The van der Waals surface area contributed by atoms with E-state index in [2.05, 4.69) is 34.6 Å². The summed E-state index contributed by atoms with van der Waals surface area (Å²) >= 11 is 4.38. The summed E-state index contributed by atoms with van der Waals surface area (Å²) in [5.41, 5.74) is 0. The lowest BCUT2D eigenvalue weighted by Crippen LogP contribution is -2.42. The van der Waals surface area contributed by atoms with Crippen LogP contribution in [0.2, 0.25) is 0 Å². The third-order valence-corrected chi connectivity index (χ3v) is 3.11. The van der Waals surface area contributed by atoms with Gasteiger partial charge in [0.25, 0.3) is 0 Å². The first-order chi connectivity index (χ1) is 9.61. The van der Waals surface area contributed by atoms with Gasteiger partial charge >= 0.3 is 5.97 Å². The number of amides is 1. The van der Waals surface area contributed by atoms with E-state index in [-0.39, 0.29) is 12.5 Å². The van der Waals surface area contributed by atoms with E-state index in [1.165, 1.54) is 25.7 Å². The van der Waals surface area contributed by atoms with Crippen LogP contribution >= 0.6 is 12.2 Å². The molecule has 0 aliphatic heterocycles. The van der Waals surface area contributed by atoms with Crippen LogP contribution in [0.25, 0.3) is 0 Å². The molecule has 0 bridgehead atoms. The number of nitrogens with one attached hydrogen (secondary N) is 1. The molecular weight excluding hydrogens is 276 g/mol. The van der Waals surface area contributed by atoms with Crippen molar-refractivity contribution in [1.82, 2.24) is 5.32 Å². The summed E-state index contributed by atoms with van der Waals surface area (Å²) in [6.45, 7) is 2.11. The molecule has 0 fully saturated rings. The molecule has 0 aromatic carbocycles. The number of rotatable bonds is 12. The third kappa shape index (κ3) is 10.6. The van der Waals surface area contributed by atoms with Crippen molar-refractivity contribution in [3.05, 3.63) is 0 Å². The van der Waals surface area contributed by atoms with Gasteiger partial charge in [-0.3, -0.25) is 4.79 Å². The number of carbonyl (C=O) groups is 2. The number of nitrogens with zero attached hydrogens (tertiary/aromatic N) is 1. The molecule has 0 aromatic rings. The molecule has 0 heterocycles. The summed E-state index contributed by atoms with van der Waals surface area (Å²) in [7, 11) is 0. The average Bonchev–Trinajstić information content (AvgIpc) is 2.42. The molecule has 1 atom stereocenters. The Labute approximate surface area is 125 Å². The normalized spacial score (nSPS) is 11.4. The van der Waals surface area contributed by atoms with Crippen molar-refractivity contribution in [2.45, 2.75) is 64.3 Å². The first kappa shape index (κ1) is 18.7. The van der Waals surface area contributed by atoms with Crippen LogP contribution < -0.4 is 5.32 Å². The largest absolute Gasteiger partial charge is 0.480 e. The van der Waals surface area contributed by atoms with Crippen molar-refractivity contribution >= 4 is 29.3 Å². The minimum atomic E-state index is -1.10. The number of aliphatic imine (C=N–C) groups is 1. The number of isothiocyanates is 1. The average molecular weight is 300 g/mol. The second-order valence-corrected chi connectivity index (χ2v) is 4.94. The lowest BCUT2D eigenvalue weighted by Gasteiger charge is -2.11. The molecular formula is C14H24N2O3S. The van der Waals surface area contributed by atoms with Crippen LogP contribution in [0, 0.1) is 0 Å². The van der Waals surface area contributed by atoms with E-state index in [9.17, 15) is 9.59 Å². The van der Waals surface area contributed by atoms with Crippen molar-refractivity contribution in [3.63, 3.8) is 0 Å².